The Morgan fingerprint density at radius 2 is 2.20 bits per heavy atom. The lowest BCUT2D eigenvalue weighted by Crippen LogP contribution is -2.24. The standard InChI is InChI=1S/C12H14BrNO/c1-2-7-14-9-11(15)8-10-5-3-4-6-12(10)13/h2-6,14H,1,7-9H2. The number of rotatable bonds is 6. The molecule has 0 aliphatic heterocycles. The van der Waals surface area contributed by atoms with Crippen LogP contribution < -0.4 is 5.32 Å². The fraction of sp³-hybridized carbons (Fsp3) is 0.250. The highest BCUT2D eigenvalue weighted by atomic mass is 79.9. The average Bonchev–Trinajstić information content (AvgIpc) is 2.22. The molecular formula is C12H14BrNO. The third-order valence-electron chi connectivity index (χ3n) is 1.96. The number of ketones is 1. The summed E-state index contributed by atoms with van der Waals surface area (Å²) in [5.41, 5.74) is 1.03. The highest BCUT2D eigenvalue weighted by Gasteiger charge is 2.05. The summed E-state index contributed by atoms with van der Waals surface area (Å²) in [6.45, 7) is 4.64. The Bertz CT molecular complexity index is 349. The Morgan fingerprint density at radius 3 is 2.87 bits per heavy atom. The number of halogens is 1. The fourth-order valence-corrected chi connectivity index (χ4v) is 1.66. The number of hydrogen-bond donors (Lipinski definition) is 1. The molecule has 1 N–H and O–H groups in total. The monoisotopic (exact) mass is 267 g/mol. The summed E-state index contributed by atoms with van der Waals surface area (Å²) in [5.74, 6) is 0.184. The van der Waals surface area contributed by atoms with Crippen molar-refractivity contribution >= 4 is 21.7 Å². The van der Waals surface area contributed by atoms with Gasteiger partial charge in [-0.05, 0) is 11.6 Å². The summed E-state index contributed by atoms with van der Waals surface area (Å²) in [6, 6.07) is 7.77. The lowest BCUT2D eigenvalue weighted by molar-refractivity contribution is -0.117. The molecule has 0 aliphatic rings. The van der Waals surface area contributed by atoms with E-state index in [4.69, 9.17) is 0 Å². The van der Waals surface area contributed by atoms with E-state index in [1.165, 1.54) is 0 Å². The maximum atomic E-state index is 11.5. The summed E-state index contributed by atoms with van der Waals surface area (Å²) in [4.78, 5) is 11.5. The van der Waals surface area contributed by atoms with Crippen molar-refractivity contribution in [3.63, 3.8) is 0 Å². The van der Waals surface area contributed by atoms with Gasteiger partial charge in [0.25, 0.3) is 0 Å². The molecule has 0 saturated carbocycles. The first-order valence-electron chi connectivity index (χ1n) is 4.80. The topological polar surface area (TPSA) is 29.1 Å². The molecule has 0 spiro atoms. The average molecular weight is 268 g/mol. The molecule has 0 bridgehead atoms. The second-order valence-electron chi connectivity index (χ2n) is 3.23. The number of carbonyl (C=O) groups excluding carboxylic acids is 1. The number of hydrogen-bond acceptors (Lipinski definition) is 2. The van der Waals surface area contributed by atoms with Gasteiger partial charge in [0.05, 0.1) is 6.54 Å². The predicted octanol–water partition coefficient (Wildman–Crippen LogP) is 2.34. The number of benzene rings is 1. The van der Waals surface area contributed by atoms with E-state index in [1.807, 2.05) is 24.3 Å². The van der Waals surface area contributed by atoms with Crippen LogP contribution in [0.5, 0.6) is 0 Å². The van der Waals surface area contributed by atoms with Crippen molar-refractivity contribution in [3.8, 4) is 0 Å². The lowest BCUT2D eigenvalue weighted by atomic mass is 10.1. The van der Waals surface area contributed by atoms with Crippen LogP contribution in [0.4, 0.5) is 0 Å². The smallest absolute Gasteiger partial charge is 0.151 e. The van der Waals surface area contributed by atoms with E-state index < -0.39 is 0 Å². The Morgan fingerprint density at radius 1 is 1.47 bits per heavy atom. The predicted molar refractivity (Wildman–Crippen MR) is 65.9 cm³/mol. The molecule has 0 atom stereocenters. The molecule has 0 aliphatic carbocycles. The Hall–Kier alpha value is -0.930. The molecule has 1 aromatic rings. The molecule has 3 heteroatoms. The molecule has 0 radical (unpaired) electrons. The molecule has 1 rings (SSSR count). The normalized spacial score (nSPS) is 9.93. The summed E-state index contributed by atoms with van der Waals surface area (Å²) < 4.78 is 0.988. The molecule has 0 fully saturated rings. The third kappa shape index (κ3) is 4.40. The van der Waals surface area contributed by atoms with Gasteiger partial charge < -0.3 is 5.32 Å². The van der Waals surface area contributed by atoms with Crippen molar-refractivity contribution < 1.29 is 4.79 Å². The third-order valence-corrected chi connectivity index (χ3v) is 2.73. The van der Waals surface area contributed by atoms with Crippen molar-refractivity contribution in [3.05, 3.63) is 47.0 Å². The minimum atomic E-state index is 0.184. The second-order valence-corrected chi connectivity index (χ2v) is 4.08. The van der Waals surface area contributed by atoms with Gasteiger partial charge in [-0.3, -0.25) is 4.79 Å². The van der Waals surface area contributed by atoms with Crippen molar-refractivity contribution in [1.82, 2.24) is 5.32 Å². The van der Waals surface area contributed by atoms with Crippen LogP contribution in [0.3, 0.4) is 0 Å². The number of Topliss-reactive ketones (excluding diaryl/α,β-unsaturated/α-hetero) is 1. The first-order chi connectivity index (χ1) is 7.24. The van der Waals surface area contributed by atoms with Gasteiger partial charge in [-0.15, -0.1) is 6.58 Å². The van der Waals surface area contributed by atoms with Crippen LogP contribution in [0.25, 0.3) is 0 Å². The van der Waals surface area contributed by atoms with Crippen molar-refractivity contribution in [2.75, 3.05) is 13.1 Å². The van der Waals surface area contributed by atoms with Crippen LogP contribution in [0.1, 0.15) is 5.56 Å². The molecule has 0 saturated heterocycles. The van der Waals surface area contributed by atoms with Crippen LogP contribution in [0, 0.1) is 0 Å². The maximum absolute atomic E-state index is 11.5. The van der Waals surface area contributed by atoms with E-state index in [0.717, 1.165) is 10.0 Å². The second kappa shape index (κ2) is 6.53. The molecule has 2 nitrogen and oxygen atoms in total. The lowest BCUT2D eigenvalue weighted by Gasteiger charge is -2.03. The molecule has 0 amide bonds. The number of nitrogens with one attached hydrogen (secondary N) is 1. The summed E-state index contributed by atoms with van der Waals surface area (Å²) in [6.07, 6.45) is 2.21. The van der Waals surface area contributed by atoms with Gasteiger partial charge in [0.15, 0.2) is 5.78 Å². The molecule has 80 valence electrons. The van der Waals surface area contributed by atoms with Gasteiger partial charge in [-0.1, -0.05) is 40.2 Å². The van der Waals surface area contributed by atoms with Crippen LogP contribution in [0.2, 0.25) is 0 Å². The molecular weight excluding hydrogens is 254 g/mol. The SMILES string of the molecule is C=CCNCC(=O)Cc1ccccc1Br. The van der Waals surface area contributed by atoms with Crippen molar-refractivity contribution in [2.24, 2.45) is 0 Å². The maximum Gasteiger partial charge on any atom is 0.151 e. The van der Waals surface area contributed by atoms with E-state index in [1.54, 1.807) is 6.08 Å². The van der Waals surface area contributed by atoms with E-state index in [2.05, 4.69) is 27.8 Å². The molecule has 0 heterocycles. The molecule has 0 aromatic heterocycles. The molecule has 15 heavy (non-hydrogen) atoms. The first-order valence-corrected chi connectivity index (χ1v) is 5.60. The first kappa shape index (κ1) is 12.1. The minimum absolute atomic E-state index is 0.184. The van der Waals surface area contributed by atoms with Gasteiger partial charge in [0, 0.05) is 17.4 Å². The van der Waals surface area contributed by atoms with E-state index >= 15 is 0 Å². The molecule has 0 unspecified atom stereocenters. The highest BCUT2D eigenvalue weighted by molar-refractivity contribution is 9.10. The van der Waals surface area contributed by atoms with E-state index in [9.17, 15) is 4.79 Å². The number of carbonyl (C=O) groups is 1. The van der Waals surface area contributed by atoms with Crippen molar-refractivity contribution in [1.29, 1.82) is 0 Å². The van der Waals surface area contributed by atoms with Gasteiger partial charge in [-0.25, -0.2) is 0 Å². The zero-order chi connectivity index (χ0) is 11.1. The van der Waals surface area contributed by atoms with Crippen LogP contribution in [0.15, 0.2) is 41.4 Å². The zero-order valence-corrected chi connectivity index (χ0v) is 10.1. The Labute approximate surface area is 98.5 Å². The van der Waals surface area contributed by atoms with E-state index in [-0.39, 0.29) is 5.78 Å². The van der Waals surface area contributed by atoms with Crippen molar-refractivity contribution in [2.45, 2.75) is 6.42 Å². The van der Waals surface area contributed by atoms with Gasteiger partial charge in [0.2, 0.25) is 0 Å². The molecule has 1 aromatic carbocycles. The summed E-state index contributed by atoms with van der Waals surface area (Å²) in [5, 5.41) is 2.99. The van der Waals surface area contributed by atoms with Crippen LogP contribution >= 0.6 is 15.9 Å². The van der Waals surface area contributed by atoms with Crippen LogP contribution in [-0.4, -0.2) is 18.9 Å². The van der Waals surface area contributed by atoms with E-state index in [0.29, 0.717) is 19.5 Å². The summed E-state index contributed by atoms with van der Waals surface area (Å²) >= 11 is 3.42. The Kier molecular flexibility index (Phi) is 5.29. The summed E-state index contributed by atoms with van der Waals surface area (Å²) in [7, 11) is 0. The quantitative estimate of drug-likeness (QED) is 0.633. The zero-order valence-electron chi connectivity index (χ0n) is 8.50. The largest absolute Gasteiger partial charge is 0.307 e. The van der Waals surface area contributed by atoms with Gasteiger partial charge in [-0.2, -0.15) is 0 Å². The highest BCUT2D eigenvalue weighted by Crippen LogP contribution is 2.16. The van der Waals surface area contributed by atoms with Gasteiger partial charge in [0.1, 0.15) is 0 Å². The Balaban J connectivity index is 2.44. The minimum Gasteiger partial charge on any atom is -0.307 e. The van der Waals surface area contributed by atoms with Gasteiger partial charge >= 0.3 is 0 Å². The van der Waals surface area contributed by atoms with Crippen LogP contribution in [-0.2, 0) is 11.2 Å². The fourth-order valence-electron chi connectivity index (χ4n) is 1.23.